The molecule has 2 aromatic carbocycles. The van der Waals surface area contributed by atoms with E-state index in [9.17, 15) is 0 Å². The number of H-pyrrole nitrogens is 1. The number of aromatic nitrogens is 2. The lowest BCUT2D eigenvalue weighted by Crippen LogP contribution is -1.90. The molecule has 3 rings (SSSR count). The third-order valence-electron chi connectivity index (χ3n) is 3.91. The van der Waals surface area contributed by atoms with Gasteiger partial charge in [-0.15, -0.1) is 0 Å². The maximum atomic E-state index is 4.65. The summed E-state index contributed by atoms with van der Waals surface area (Å²) in [6.45, 7) is 2.11. The summed E-state index contributed by atoms with van der Waals surface area (Å²) in [7, 11) is 0. The van der Waals surface area contributed by atoms with Crippen molar-refractivity contribution in [1.29, 1.82) is 0 Å². The fraction of sp³-hybridized carbons (Fsp3) is 0.316. The van der Waals surface area contributed by atoms with Gasteiger partial charge in [0.05, 0.1) is 11.0 Å². The fourth-order valence-corrected chi connectivity index (χ4v) is 2.74. The second-order valence-electron chi connectivity index (χ2n) is 5.75. The van der Waals surface area contributed by atoms with Gasteiger partial charge < -0.3 is 4.98 Å². The topological polar surface area (TPSA) is 28.7 Å². The van der Waals surface area contributed by atoms with Crippen LogP contribution in [0.1, 0.15) is 36.2 Å². The Morgan fingerprint density at radius 2 is 1.71 bits per heavy atom. The maximum absolute atomic E-state index is 4.65. The van der Waals surface area contributed by atoms with E-state index in [-0.39, 0.29) is 0 Å². The zero-order valence-corrected chi connectivity index (χ0v) is 12.6. The van der Waals surface area contributed by atoms with E-state index in [0.29, 0.717) is 0 Å². The van der Waals surface area contributed by atoms with Gasteiger partial charge in [0.1, 0.15) is 5.82 Å². The van der Waals surface area contributed by atoms with Crippen molar-refractivity contribution in [2.24, 2.45) is 0 Å². The molecule has 2 heteroatoms. The smallest absolute Gasteiger partial charge is 0.107 e. The van der Waals surface area contributed by atoms with Gasteiger partial charge in [-0.3, -0.25) is 0 Å². The highest BCUT2D eigenvalue weighted by atomic mass is 14.9. The number of aromatic amines is 1. The minimum atomic E-state index is 1.04. The molecule has 1 N–H and O–H groups in total. The Morgan fingerprint density at radius 1 is 0.905 bits per heavy atom. The van der Waals surface area contributed by atoms with Crippen LogP contribution in [0.25, 0.3) is 11.0 Å². The van der Waals surface area contributed by atoms with E-state index in [0.717, 1.165) is 23.3 Å². The van der Waals surface area contributed by atoms with Gasteiger partial charge in [0.25, 0.3) is 0 Å². The average molecular weight is 278 g/mol. The molecule has 0 aliphatic heterocycles. The molecule has 0 aliphatic carbocycles. The molecule has 1 aromatic heterocycles. The molecule has 0 spiro atoms. The molecule has 2 nitrogen and oxygen atoms in total. The molecule has 0 saturated heterocycles. The molecule has 0 radical (unpaired) electrons. The van der Waals surface area contributed by atoms with Crippen molar-refractivity contribution in [1.82, 2.24) is 9.97 Å². The van der Waals surface area contributed by atoms with Gasteiger partial charge in [-0.05, 0) is 49.4 Å². The van der Waals surface area contributed by atoms with Crippen molar-refractivity contribution in [3.8, 4) is 0 Å². The summed E-state index contributed by atoms with van der Waals surface area (Å²) >= 11 is 0. The summed E-state index contributed by atoms with van der Waals surface area (Å²) in [6.07, 6.45) is 5.93. The molecule has 0 atom stereocenters. The van der Waals surface area contributed by atoms with E-state index in [1.165, 1.54) is 36.8 Å². The van der Waals surface area contributed by atoms with Crippen LogP contribution in [0.5, 0.6) is 0 Å². The van der Waals surface area contributed by atoms with Crippen molar-refractivity contribution < 1.29 is 0 Å². The number of hydrogen-bond donors (Lipinski definition) is 1. The number of benzene rings is 2. The molecule has 0 bridgehead atoms. The Balaban J connectivity index is 1.46. The normalized spacial score (nSPS) is 11.1. The van der Waals surface area contributed by atoms with Crippen LogP contribution >= 0.6 is 0 Å². The van der Waals surface area contributed by atoms with Gasteiger partial charge in [-0.1, -0.05) is 42.8 Å². The van der Waals surface area contributed by atoms with E-state index >= 15 is 0 Å². The largest absolute Gasteiger partial charge is 0.342 e. The Morgan fingerprint density at radius 3 is 2.57 bits per heavy atom. The van der Waals surface area contributed by atoms with Crippen molar-refractivity contribution in [2.75, 3.05) is 0 Å². The Kier molecular flexibility index (Phi) is 4.34. The van der Waals surface area contributed by atoms with Gasteiger partial charge >= 0.3 is 0 Å². The second-order valence-corrected chi connectivity index (χ2v) is 5.75. The highest BCUT2D eigenvalue weighted by Gasteiger charge is 2.02. The summed E-state index contributed by atoms with van der Waals surface area (Å²) in [5.41, 5.74) is 4.96. The van der Waals surface area contributed by atoms with Gasteiger partial charge in [-0.2, -0.15) is 0 Å². The van der Waals surface area contributed by atoms with E-state index in [4.69, 9.17) is 0 Å². The van der Waals surface area contributed by atoms with Crippen LogP contribution in [0.15, 0.2) is 48.5 Å². The minimum Gasteiger partial charge on any atom is -0.342 e. The minimum absolute atomic E-state index is 1.04. The van der Waals surface area contributed by atoms with Crippen LogP contribution in [0.4, 0.5) is 0 Å². The molecule has 21 heavy (non-hydrogen) atoms. The second kappa shape index (κ2) is 6.57. The van der Waals surface area contributed by atoms with E-state index in [2.05, 4.69) is 65.4 Å². The molecular weight excluding hydrogens is 256 g/mol. The number of fused-ring (bicyclic) bond motifs is 1. The van der Waals surface area contributed by atoms with Crippen molar-refractivity contribution in [3.05, 3.63) is 65.5 Å². The molecule has 0 unspecified atom stereocenters. The molecule has 0 fully saturated rings. The van der Waals surface area contributed by atoms with Crippen LogP contribution in [0.2, 0.25) is 0 Å². The molecule has 1 heterocycles. The van der Waals surface area contributed by atoms with Gasteiger partial charge in [0, 0.05) is 6.42 Å². The Bertz CT molecular complexity index is 698. The zero-order chi connectivity index (χ0) is 14.5. The molecule has 108 valence electrons. The lowest BCUT2D eigenvalue weighted by atomic mass is 10.1. The lowest BCUT2D eigenvalue weighted by molar-refractivity contribution is 0.666. The summed E-state index contributed by atoms with van der Waals surface area (Å²) in [5.74, 6) is 1.12. The summed E-state index contributed by atoms with van der Waals surface area (Å²) in [5, 5.41) is 0. The van der Waals surface area contributed by atoms with E-state index in [1.807, 2.05) is 0 Å². The van der Waals surface area contributed by atoms with E-state index in [1.54, 1.807) is 0 Å². The highest BCUT2D eigenvalue weighted by molar-refractivity contribution is 5.75. The highest BCUT2D eigenvalue weighted by Crippen LogP contribution is 2.15. The van der Waals surface area contributed by atoms with Gasteiger partial charge in [0.15, 0.2) is 0 Å². The standard InChI is InChI=1S/C19H22N2/c1-15-12-13-17-18(14-15)21-19(20-17)11-7-3-6-10-16-8-4-2-5-9-16/h2,4-5,8-9,12-14H,3,6-7,10-11H2,1H3,(H,20,21). The van der Waals surface area contributed by atoms with Gasteiger partial charge in [0.2, 0.25) is 0 Å². The quantitative estimate of drug-likeness (QED) is 0.643. The third-order valence-corrected chi connectivity index (χ3v) is 3.91. The fourth-order valence-electron chi connectivity index (χ4n) is 2.74. The SMILES string of the molecule is Cc1ccc2nc(CCCCCc3ccccc3)[nH]c2c1. The monoisotopic (exact) mass is 278 g/mol. The number of hydrogen-bond acceptors (Lipinski definition) is 1. The van der Waals surface area contributed by atoms with Crippen molar-refractivity contribution >= 4 is 11.0 Å². The van der Waals surface area contributed by atoms with Crippen LogP contribution in [-0.4, -0.2) is 9.97 Å². The first kappa shape index (κ1) is 13.9. The third kappa shape index (κ3) is 3.72. The van der Waals surface area contributed by atoms with Crippen LogP contribution in [0.3, 0.4) is 0 Å². The van der Waals surface area contributed by atoms with Crippen molar-refractivity contribution in [2.45, 2.75) is 39.0 Å². The number of nitrogens with one attached hydrogen (secondary N) is 1. The number of imidazole rings is 1. The molecule has 0 aliphatic rings. The first-order valence-corrected chi connectivity index (χ1v) is 7.80. The lowest BCUT2D eigenvalue weighted by Gasteiger charge is -2.01. The number of unbranched alkanes of at least 4 members (excludes halogenated alkanes) is 2. The summed E-state index contributed by atoms with van der Waals surface area (Å²) < 4.78 is 0. The first-order chi connectivity index (χ1) is 10.3. The molecule has 0 amide bonds. The summed E-state index contributed by atoms with van der Waals surface area (Å²) in [4.78, 5) is 8.09. The Labute approximate surface area is 126 Å². The predicted octanol–water partition coefficient (Wildman–Crippen LogP) is 4.83. The molecule has 0 saturated carbocycles. The van der Waals surface area contributed by atoms with E-state index < -0.39 is 0 Å². The van der Waals surface area contributed by atoms with Crippen LogP contribution in [-0.2, 0) is 12.8 Å². The Hall–Kier alpha value is -2.09. The number of aryl methyl sites for hydroxylation is 3. The van der Waals surface area contributed by atoms with Crippen LogP contribution < -0.4 is 0 Å². The predicted molar refractivity (Wildman–Crippen MR) is 88.5 cm³/mol. The molecule has 3 aromatic rings. The van der Waals surface area contributed by atoms with Crippen LogP contribution in [0, 0.1) is 6.92 Å². The average Bonchev–Trinajstić information content (AvgIpc) is 2.90. The number of rotatable bonds is 6. The first-order valence-electron chi connectivity index (χ1n) is 7.80. The maximum Gasteiger partial charge on any atom is 0.107 e. The molecular formula is C19H22N2. The summed E-state index contributed by atoms with van der Waals surface area (Å²) in [6, 6.07) is 17.1. The number of nitrogens with zero attached hydrogens (tertiary/aromatic N) is 1. The van der Waals surface area contributed by atoms with Gasteiger partial charge in [-0.25, -0.2) is 4.98 Å². The van der Waals surface area contributed by atoms with Crippen molar-refractivity contribution in [3.63, 3.8) is 0 Å². The zero-order valence-electron chi connectivity index (χ0n) is 12.6.